The highest BCUT2D eigenvalue weighted by Gasteiger charge is 2.07. The van der Waals surface area contributed by atoms with E-state index in [4.69, 9.17) is 4.74 Å². The van der Waals surface area contributed by atoms with Crippen LogP contribution in [0, 0.1) is 0 Å². The van der Waals surface area contributed by atoms with Gasteiger partial charge in [0.25, 0.3) is 0 Å². The summed E-state index contributed by atoms with van der Waals surface area (Å²) in [5, 5.41) is 9.35. The number of hydrogen-bond donors (Lipinski definition) is 1. The second kappa shape index (κ2) is 7.01. The van der Waals surface area contributed by atoms with Crippen molar-refractivity contribution in [2.24, 2.45) is 0 Å². The molecule has 0 aliphatic heterocycles. The van der Waals surface area contributed by atoms with Crippen LogP contribution < -0.4 is 4.74 Å². The van der Waals surface area contributed by atoms with E-state index in [0.29, 0.717) is 11.7 Å². The Kier molecular flexibility index (Phi) is 4.62. The zero-order valence-electron chi connectivity index (χ0n) is 13.1. The molecule has 3 aromatic carbocycles. The molecule has 0 saturated carbocycles. The fourth-order valence-corrected chi connectivity index (χ4v) is 2.59. The lowest BCUT2D eigenvalue weighted by Gasteiger charge is -2.13. The van der Waals surface area contributed by atoms with Crippen molar-refractivity contribution >= 4 is 0 Å². The summed E-state index contributed by atoms with van der Waals surface area (Å²) in [5.74, 6) is 2.41. The zero-order chi connectivity index (χ0) is 16.1. The minimum absolute atomic E-state index is 0.309. The van der Waals surface area contributed by atoms with Gasteiger partial charge in [-0.15, -0.1) is 0 Å². The first kappa shape index (κ1) is 15.2. The number of phenols is 1. The summed E-state index contributed by atoms with van der Waals surface area (Å²) < 4.78 is 5.82. The van der Waals surface area contributed by atoms with E-state index in [9.17, 15) is 5.11 Å². The first-order chi connectivity index (χ1) is 11.2. The second-order valence-corrected chi connectivity index (χ2v) is 5.76. The van der Waals surface area contributed by atoms with Gasteiger partial charge in [0.2, 0.25) is 0 Å². The largest absolute Gasteiger partial charge is 0.508 e. The standard InChI is InChI=1S/C21H20O2/c1-16(15-17-7-11-19(22)12-8-17)18-9-13-21(14-10-18)23-20-5-3-2-4-6-20/h2-14,16,22H,15H2,1H3. The minimum Gasteiger partial charge on any atom is -0.508 e. The first-order valence-electron chi connectivity index (χ1n) is 7.81. The summed E-state index contributed by atoms with van der Waals surface area (Å²) in [6.07, 6.45) is 0.944. The van der Waals surface area contributed by atoms with Crippen LogP contribution in [0.15, 0.2) is 78.9 Å². The van der Waals surface area contributed by atoms with Crippen molar-refractivity contribution in [1.29, 1.82) is 0 Å². The van der Waals surface area contributed by atoms with Crippen LogP contribution in [0.3, 0.4) is 0 Å². The van der Waals surface area contributed by atoms with E-state index in [2.05, 4.69) is 19.1 Å². The second-order valence-electron chi connectivity index (χ2n) is 5.76. The molecule has 0 radical (unpaired) electrons. The number of benzene rings is 3. The summed E-state index contributed by atoms with van der Waals surface area (Å²) >= 11 is 0. The average molecular weight is 304 g/mol. The lowest BCUT2D eigenvalue weighted by molar-refractivity contribution is 0.475. The van der Waals surface area contributed by atoms with Crippen LogP contribution in [0.1, 0.15) is 24.0 Å². The van der Waals surface area contributed by atoms with Crippen molar-refractivity contribution in [3.8, 4) is 17.2 Å². The number of ether oxygens (including phenoxy) is 1. The summed E-state index contributed by atoms with van der Waals surface area (Å²) in [4.78, 5) is 0. The molecule has 0 aliphatic carbocycles. The van der Waals surface area contributed by atoms with Gasteiger partial charge in [0.05, 0.1) is 0 Å². The highest BCUT2D eigenvalue weighted by Crippen LogP contribution is 2.26. The highest BCUT2D eigenvalue weighted by molar-refractivity contribution is 5.35. The summed E-state index contributed by atoms with van der Waals surface area (Å²) in [6.45, 7) is 2.21. The third-order valence-electron chi connectivity index (χ3n) is 3.91. The molecule has 3 aromatic rings. The molecule has 1 N–H and O–H groups in total. The van der Waals surface area contributed by atoms with Crippen LogP contribution in [0.25, 0.3) is 0 Å². The van der Waals surface area contributed by atoms with Gasteiger partial charge < -0.3 is 9.84 Å². The zero-order valence-corrected chi connectivity index (χ0v) is 13.1. The maximum atomic E-state index is 9.35. The molecule has 3 rings (SSSR count). The van der Waals surface area contributed by atoms with Crippen molar-refractivity contribution in [3.63, 3.8) is 0 Å². The number of para-hydroxylation sites is 1. The summed E-state index contributed by atoms with van der Waals surface area (Å²) in [7, 11) is 0. The number of aromatic hydroxyl groups is 1. The third kappa shape index (κ3) is 4.13. The van der Waals surface area contributed by atoms with E-state index in [1.807, 2.05) is 54.6 Å². The fraction of sp³-hybridized carbons (Fsp3) is 0.143. The van der Waals surface area contributed by atoms with Gasteiger partial charge in [0, 0.05) is 0 Å². The molecule has 0 spiro atoms. The van der Waals surface area contributed by atoms with Crippen molar-refractivity contribution < 1.29 is 9.84 Å². The Morgan fingerprint density at radius 3 is 2.04 bits per heavy atom. The Morgan fingerprint density at radius 1 is 0.783 bits per heavy atom. The molecule has 2 heteroatoms. The molecule has 0 saturated heterocycles. The van der Waals surface area contributed by atoms with E-state index in [1.54, 1.807) is 12.1 Å². The average Bonchev–Trinajstić information content (AvgIpc) is 2.58. The molecule has 0 amide bonds. The quantitative estimate of drug-likeness (QED) is 0.671. The minimum atomic E-state index is 0.309. The van der Waals surface area contributed by atoms with Crippen LogP contribution in [-0.4, -0.2) is 5.11 Å². The number of hydrogen-bond acceptors (Lipinski definition) is 2. The van der Waals surface area contributed by atoms with Gasteiger partial charge >= 0.3 is 0 Å². The normalized spacial score (nSPS) is 11.9. The molecule has 0 aliphatic rings. The van der Waals surface area contributed by atoms with E-state index in [-0.39, 0.29) is 0 Å². The Bertz CT molecular complexity index is 731. The molecule has 1 unspecified atom stereocenters. The molecule has 0 aromatic heterocycles. The number of rotatable bonds is 5. The lowest BCUT2D eigenvalue weighted by Crippen LogP contribution is -1.98. The smallest absolute Gasteiger partial charge is 0.127 e. The van der Waals surface area contributed by atoms with Crippen LogP contribution in [-0.2, 0) is 6.42 Å². The molecule has 2 nitrogen and oxygen atoms in total. The van der Waals surface area contributed by atoms with Crippen molar-refractivity contribution in [3.05, 3.63) is 90.0 Å². The van der Waals surface area contributed by atoms with Crippen LogP contribution in [0.5, 0.6) is 17.2 Å². The Hall–Kier alpha value is -2.74. The van der Waals surface area contributed by atoms with Gasteiger partial charge in [-0.2, -0.15) is 0 Å². The van der Waals surface area contributed by atoms with Crippen molar-refractivity contribution in [2.75, 3.05) is 0 Å². The fourth-order valence-electron chi connectivity index (χ4n) is 2.59. The van der Waals surface area contributed by atoms with Gasteiger partial charge in [-0.05, 0) is 59.9 Å². The van der Waals surface area contributed by atoms with Crippen molar-refractivity contribution in [2.45, 2.75) is 19.3 Å². The third-order valence-corrected chi connectivity index (χ3v) is 3.91. The van der Waals surface area contributed by atoms with E-state index in [0.717, 1.165) is 17.9 Å². The molecule has 0 heterocycles. The highest BCUT2D eigenvalue weighted by atomic mass is 16.5. The topological polar surface area (TPSA) is 29.5 Å². The van der Waals surface area contributed by atoms with Crippen LogP contribution in [0.2, 0.25) is 0 Å². The maximum Gasteiger partial charge on any atom is 0.127 e. The summed E-state index contributed by atoms with van der Waals surface area (Å²) in [5.41, 5.74) is 2.50. The van der Waals surface area contributed by atoms with E-state index < -0.39 is 0 Å². The predicted molar refractivity (Wildman–Crippen MR) is 93.2 cm³/mol. The molecule has 0 fully saturated rings. The monoisotopic (exact) mass is 304 g/mol. The van der Waals surface area contributed by atoms with Gasteiger partial charge in [-0.3, -0.25) is 0 Å². The van der Waals surface area contributed by atoms with E-state index in [1.165, 1.54) is 11.1 Å². The molecule has 116 valence electrons. The lowest BCUT2D eigenvalue weighted by atomic mass is 9.94. The SMILES string of the molecule is CC(Cc1ccc(O)cc1)c1ccc(Oc2ccccc2)cc1. The molecule has 1 atom stereocenters. The molecular weight excluding hydrogens is 284 g/mol. The Labute approximate surface area is 137 Å². The Balaban J connectivity index is 1.65. The Morgan fingerprint density at radius 2 is 1.39 bits per heavy atom. The van der Waals surface area contributed by atoms with Crippen LogP contribution >= 0.6 is 0 Å². The van der Waals surface area contributed by atoms with Gasteiger partial charge in [0.15, 0.2) is 0 Å². The van der Waals surface area contributed by atoms with Gasteiger partial charge in [-0.25, -0.2) is 0 Å². The molecule has 23 heavy (non-hydrogen) atoms. The molecular formula is C21H20O2. The number of phenolic OH excluding ortho intramolecular Hbond substituents is 1. The van der Waals surface area contributed by atoms with Crippen molar-refractivity contribution in [1.82, 2.24) is 0 Å². The predicted octanol–water partition coefficient (Wildman–Crippen LogP) is 5.53. The first-order valence-corrected chi connectivity index (χ1v) is 7.81. The maximum absolute atomic E-state index is 9.35. The van der Waals surface area contributed by atoms with Crippen LogP contribution in [0.4, 0.5) is 0 Å². The van der Waals surface area contributed by atoms with Gasteiger partial charge in [0.1, 0.15) is 17.2 Å². The van der Waals surface area contributed by atoms with E-state index >= 15 is 0 Å². The molecule has 0 bridgehead atoms. The summed E-state index contributed by atoms with van der Waals surface area (Å²) in [6, 6.07) is 25.4. The van der Waals surface area contributed by atoms with Gasteiger partial charge in [-0.1, -0.05) is 49.4 Å².